The summed E-state index contributed by atoms with van der Waals surface area (Å²) in [5, 5.41) is 11.0. The van der Waals surface area contributed by atoms with E-state index in [9.17, 15) is 9.59 Å². The molecule has 0 fully saturated rings. The van der Waals surface area contributed by atoms with E-state index in [4.69, 9.17) is 19.3 Å². The van der Waals surface area contributed by atoms with Crippen LogP contribution in [0.2, 0.25) is 0 Å². The summed E-state index contributed by atoms with van der Waals surface area (Å²) in [5.41, 5.74) is 2.19. The molecule has 0 bridgehead atoms. The quantitative estimate of drug-likeness (QED) is 0.419. The number of rotatable bonds is 10. The van der Waals surface area contributed by atoms with Crippen LogP contribution in [0, 0.1) is 0 Å². The first-order valence-corrected chi connectivity index (χ1v) is 12.7. The summed E-state index contributed by atoms with van der Waals surface area (Å²) < 4.78 is 16.1. The summed E-state index contributed by atoms with van der Waals surface area (Å²) in [4.78, 5) is 29.3. The van der Waals surface area contributed by atoms with Crippen LogP contribution < -0.4 is 14.8 Å². The van der Waals surface area contributed by atoms with Gasteiger partial charge in [-0.15, -0.1) is 11.3 Å². The van der Waals surface area contributed by atoms with Crippen molar-refractivity contribution >= 4 is 34.7 Å². The molecular weight excluding hydrogens is 492 g/mol. The average molecular weight is 523 g/mol. The van der Waals surface area contributed by atoms with Crippen LogP contribution in [0.5, 0.6) is 11.5 Å². The number of hydrogen-bond donors (Lipinski definition) is 1. The second-order valence-corrected chi connectivity index (χ2v) is 9.22. The van der Waals surface area contributed by atoms with Gasteiger partial charge in [-0.3, -0.25) is 4.79 Å². The third-order valence-electron chi connectivity index (χ3n) is 6.00. The summed E-state index contributed by atoms with van der Waals surface area (Å²) in [6, 6.07) is 17.9. The van der Waals surface area contributed by atoms with Crippen LogP contribution >= 0.6 is 11.3 Å². The van der Waals surface area contributed by atoms with Crippen molar-refractivity contribution in [2.75, 3.05) is 46.3 Å². The van der Waals surface area contributed by atoms with E-state index in [0.717, 1.165) is 16.2 Å². The fourth-order valence-corrected chi connectivity index (χ4v) is 4.87. The molecular formula is C27H30N4O5S. The van der Waals surface area contributed by atoms with Gasteiger partial charge in [0.25, 0.3) is 5.91 Å². The second kappa shape index (κ2) is 12.4. The molecule has 0 saturated heterocycles. The number of amides is 3. The Morgan fingerprint density at radius 1 is 1.03 bits per heavy atom. The third-order valence-corrected chi connectivity index (χ3v) is 6.92. The summed E-state index contributed by atoms with van der Waals surface area (Å²) in [7, 11) is 4.69. The fraction of sp³-hybridized carbons (Fsp3) is 0.296. The fourth-order valence-electron chi connectivity index (χ4n) is 4.15. The second-order valence-electron chi connectivity index (χ2n) is 8.27. The van der Waals surface area contributed by atoms with Crippen molar-refractivity contribution in [3.8, 4) is 11.5 Å². The number of ether oxygens (including phenoxy) is 3. The van der Waals surface area contributed by atoms with Crippen molar-refractivity contribution in [1.82, 2.24) is 9.91 Å². The number of urea groups is 1. The van der Waals surface area contributed by atoms with Gasteiger partial charge in [-0.1, -0.05) is 36.4 Å². The normalized spacial score (nSPS) is 14.7. The molecule has 1 unspecified atom stereocenters. The van der Waals surface area contributed by atoms with Gasteiger partial charge in [0.2, 0.25) is 0 Å². The Morgan fingerprint density at radius 2 is 1.76 bits per heavy atom. The highest BCUT2D eigenvalue weighted by molar-refractivity contribution is 7.12. The monoisotopic (exact) mass is 522 g/mol. The van der Waals surface area contributed by atoms with Gasteiger partial charge in [-0.2, -0.15) is 5.10 Å². The number of carbonyl (C=O) groups is 2. The Morgan fingerprint density at radius 3 is 2.46 bits per heavy atom. The predicted molar refractivity (Wildman–Crippen MR) is 144 cm³/mol. The van der Waals surface area contributed by atoms with Crippen LogP contribution in [-0.2, 0) is 9.53 Å². The highest BCUT2D eigenvalue weighted by atomic mass is 32.1. The van der Waals surface area contributed by atoms with Gasteiger partial charge in [0.05, 0.1) is 43.1 Å². The van der Waals surface area contributed by atoms with Gasteiger partial charge < -0.3 is 24.4 Å². The van der Waals surface area contributed by atoms with E-state index >= 15 is 0 Å². The lowest BCUT2D eigenvalue weighted by Gasteiger charge is -2.27. The van der Waals surface area contributed by atoms with Gasteiger partial charge in [-0.25, -0.2) is 9.80 Å². The largest absolute Gasteiger partial charge is 0.496 e. The molecule has 194 valence electrons. The first-order chi connectivity index (χ1) is 18.0. The summed E-state index contributed by atoms with van der Waals surface area (Å²) in [5.74, 6) is 0.890. The van der Waals surface area contributed by atoms with E-state index in [-0.39, 0.29) is 31.6 Å². The molecule has 2 heterocycles. The number of methoxy groups -OCH3 is 3. The number of hydrogen-bond acceptors (Lipinski definition) is 7. The number of hydrazone groups is 1. The van der Waals surface area contributed by atoms with Gasteiger partial charge in [0.15, 0.2) is 0 Å². The van der Waals surface area contributed by atoms with E-state index in [2.05, 4.69) is 5.32 Å². The zero-order valence-electron chi connectivity index (χ0n) is 21.0. The Labute approximate surface area is 220 Å². The van der Waals surface area contributed by atoms with Crippen molar-refractivity contribution in [2.45, 2.75) is 12.5 Å². The molecule has 9 nitrogen and oxygen atoms in total. The number of nitrogens with zero attached hydrogens (tertiary/aromatic N) is 3. The summed E-state index contributed by atoms with van der Waals surface area (Å²) in [6.07, 6.45) is 0.540. The van der Waals surface area contributed by atoms with E-state index in [1.165, 1.54) is 17.0 Å². The lowest BCUT2D eigenvalue weighted by molar-refractivity contribution is -0.133. The molecule has 1 aromatic heterocycles. The third kappa shape index (κ3) is 6.10. The Hall–Kier alpha value is -3.89. The van der Waals surface area contributed by atoms with Crippen LogP contribution in [-0.4, -0.2) is 68.6 Å². The van der Waals surface area contributed by atoms with Gasteiger partial charge in [0, 0.05) is 25.6 Å². The average Bonchev–Trinajstić information content (AvgIpc) is 3.61. The van der Waals surface area contributed by atoms with E-state index in [1.807, 2.05) is 47.8 Å². The molecule has 37 heavy (non-hydrogen) atoms. The van der Waals surface area contributed by atoms with E-state index in [0.29, 0.717) is 23.6 Å². The molecule has 4 rings (SSSR count). The van der Waals surface area contributed by atoms with Crippen LogP contribution in [0.4, 0.5) is 10.5 Å². The van der Waals surface area contributed by atoms with E-state index in [1.54, 1.807) is 43.8 Å². The molecule has 1 atom stereocenters. The highest BCUT2D eigenvalue weighted by Gasteiger charge is 2.36. The van der Waals surface area contributed by atoms with Crippen molar-refractivity contribution < 1.29 is 23.8 Å². The maximum absolute atomic E-state index is 13.7. The van der Waals surface area contributed by atoms with E-state index < -0.39 is 6.03 Å². The van der Waals surface area contributed by atoms with Gasteiger partial charge in [0.1, 0.15) is 18.0 Å². The first-order valence-electron chi connectivity index (χ1n) is 11.8. The first kappa shape index (κ1) is 26.2. The SMILES string of the molecule is COCCN(CC(=O)N1N=C(c2cccs2)CC1c1ccccc1OC)C(=O)Nc1ccccc1OC. The minimum Gasteiger partial charge on any atom is -0.496 e. The number of benzene rings is 2. The van der Waals surface area contributed by atoms with Crippen LogP contribution in [0.1, 0.15) is 22.9 Å². The lowest BCUT2D eigenvalue weighted by Crippen LogP contribution is -2.44. The molecule has 0 aliphatic carbocycles. The van der Waals surface area contributed by atoms with Crippen LogP contribution in [0.3, 0.4) is 0 Å². The summed E-state index contributed by atoms with van der Waals surface area (Å²) >= 11 is 1.57. The molecule has 10 heteroatoms. The standard InChI is InChI=1S/C27H30N4O5S/c1-34-15-14-30(27(33)28-20-10-5-7-12-24(20)36-3)18-26(32)31-22(19-9-4-6-11-23(19)35-2)17-21(29-31)25-13-8-16-37-25/h4-13,16,22H,14-15,17-18H2,1-3H3,(H,28,33). The smallest absolute Gasteiger partial charge is 0.322 e. The topological polar surface area (TPSA) is 92.7 Å². The van der Waals surface area contributed by atoms with Gasteiger partial charge in [-0.05, 0) is 29.6 Å². The van der Waals surface area contributed by atoms with Crippen molar-refractivity contribution in [2.24, 2.45) is 5.10 Å². The number of anilines is 1. The number of thiophene rings is 1. The molecule has 1 aliphatic rings. The van der Waals surface area contributed by atoms with Crippen LogP contribution in [0.25, 0.3) is 0 Å². The van der Waals surface area contributed by atoms with Crippen molar-refractivity contribution in [3.63, 3.8) is 0 Å². The number of nitrogens with one attached hydrogen (secondary N) is 1. The van der Waals surface area contributed by atoms with Crippen molar-refractivity contribution in [3.05, 3.63) is 76.5 Å². The number of para-hydroxylation sites is 3. The molecule has 1 aliphatic heterocycles. The minimum absolute atomic E-state index is 0.183. The highest BCUT2D eigenvalue weighted by Crippen LogP contribution is 2.38. The Bertz CT molecular complexity index is 1250. The Kier molecular flexibility index (Phi) is 8.76. The zero-order chi connectivity index (χ0) is 26.2. The minimum atomic E-state index is -0.439. The predicted octanol–water partition coefficient (Wildman–Crippen LogP) is 4.62. The summed E-state index contributed by atoms with van der Waals surface area (Å²) in [6.45, 7) is 0.307. The molecule has 0 saturated carbocycles. The molecule has 0 radical (unpaired) electrons. The molecule has 3 aromatic rings. The maximum Gasteiger partial charge on any atom is 0.322 e. The van der Waals surface area contributed by atoms with Gasteiger partial charge >= 0.3 is 6.03 Å². The lowest BCUT2D eigenvalue weighted by atomic mass is 10.00. The molecule has 2 aromatic carbocycles. The van der Waals surface area contributed by atoms with Crippen LogP contribution in [0.15, 0.2) is 71.1 Å². The maximum atomic E-state index is 13.7. The Balaban J connectivity index is 1.59. The molecule has 0 spiro atoms. The molecule has 1 N–H and O–H groups in total. The zero-order valence-corrected chi connectivity index (χ0v) is 21.9. The number of carbonyl (C=O) groups excluding carboxylic acids is 2. The molecule has 3 amide bonds. The van der Waals surface area contributed by atoms with Crippen molar-refractivity contribution in [1.29, 1.82) is 0 Å².